The number of piperidine rings is 1. The number of urea groups is 1. The van der Waals surface area contributed by atoms with E-state index < -0.39 is 23.5 Å². The molecule has 0 aliphatic carbocycles. The molecule has 0 spiro atoms. The standard InChI is InChI=1S/C26H26Cl2F3N7O3/c27-17-5-4-6-18(28)20(17)34-24(40)37-13-11-36(12-14-37)19-8-7-16(15-32-19)33-23(39)21-22(26(29,30)31)35-25(41-21)38-9-2-1-3-10-38/h4-8,15H,1-3,9-14H2,(H,33,39)(H,34,40). The number of rotatable bonds is 5. The number of nitrogens with one attached hydrogen (secondary N) is 2. The van der Waals surface area contributed by atoms with E-state index in [4.69, 9.17) is 27.6 Å². The number of hydrogen-bond acceptors (Lipinski definition) is 7. The van der Waals surface area contributed by atoms with Gasteiger partial charge in [0.2, 0.25) is 5.76 Å². The van der Waals surface area contributed by atoms with Crippen LogP contribution < -0.4 is 20.4 Å². The van der Waals surface area contributed by atoms with Crippen LogP contribution in [0.25, 0.3) is 0 Å². The second-order valence-corrected chi connectivity index (χ2v) is 10.4. The van der Waals surface area contributed by atoms with Crippen LogP contribution in [-0.4, -0.2) is 66.1 Å². The number of piperazine rings is 1. The van der Waals surface area contributed by atoms with E-state index in [1.165, 1.54) is 12.3 Å². The number of amides is 3. The molecule has 15 heteroatoms. The Morgan fingerprint density at radius 3 is 2.17 bits per heavy atom. The first-order chi connectivity index (χ1) is 19.6. The zero-order chi connectivity index (χ0) is 29.1. The lowest BCUT2D eigenvalue weighted by Gasteiger charge is -2.35. The van der Waals surface area contributed by atoms with Gasteiger partial charge in [-0.2, -0.15) is 18.2 Å². The first kappa shape index (κ1) is 28.8. The maximum Gasteiger partial charge on any atom is 0.437 e. The summed E-state index contributed by atoms with van der Waals surface area (Å²) in [5, 5.41) is 5.82. The lowest BCUT2D eigenvalue weighted by Crippen LogP contribution is -2.50. The zero-order valence-corrected chi connectivity index (χ0v) is 23.2. The van der Waals surface area contributed by atoms with Crippen molar-refractivity contribution in [2.24, 2.45) is 0 Å². The maximum absolute atomic E-state index is 13.6. The van der Waals surface area contributed by atoms with Crippen LogP contribution in [0.4, 0.5) is 41.2 Å². The van der Waals surface area contributed by atoms with Gasteiger partial charge in [-0.05, 0) is 43.5 Å². The second kappa shape index (κ2) is 12.0. The third-order valence-corrected chi connectivity index (χ3v) is 7.44. The van der Waals surface area contributed by atoms with Crippen molar-refractivity contribution in [1.82, 2.24) is 14.9 Å². The molecule has 218 valence electrons. The van der Waals surface area contributed by atoms with E-state index in [2.05, 4.69) is 20.6 Å². The van der Waals surface area contributed by atoms with Crippen LogP contribution in [0.15, 0.2) is 40.9 Å². The first-order valence-electron chi connectivity index (χ1n) is 13.0. The summed E-state index contributed by atoms with van der Waals surface area (Å²) in [5.74, 6) is -1.38. The van der Waals surface area contributed by atoms with Crippen molar-refractivity contribution in [2.75, 3.05) is 59.7 Å². The van der Waals surface area contributed by atoms with Crippen LogP contribution in [0.2, 0.25) is 10.0 Å². The monoisotopic (exact) mass is 611 g/mol. The number of aromatic nitrogens is 2. The number of carbonyl (C=O) groups excluding carboxylic acids is 2. The number of halogens is 5. The average Bonchev–Trinajstić information content (AvgIpc) is 3.43. The third kappa shape index (κ3) is 6.62. The van der Waals surface area contributed by atoms with E-state index in [-0.39, 0.29) is 17.7 Å². The number of carbonyl (C=O) groups is 2. The van der Waals surface area contributed by atoms with Crippen molar-refractivity contribution in [2.45, 2.75) is 25.4 Å². The highest BCUT2D eigenvalue weighted by Crippen LogP contribution is 2.35. The third-order valence-electron chi connectivity index (χ3n) is 6.81. The van der Waals surface area contributed by atoms with Crippen molar-refractivity contribution in [1.29, 1.82) is 0 Å². The predicted molar refractivity (Wildman–Crippen MR) is 149 cm³/mol. The van der Waals surface area contributed by atoms with E-state index >= 15 is 0 Å². The van der Waals surface area contributed by atoms with Gasteiger partial charge in [-0.3, -0.25) is 4.79 Å². The molecular weight excluding hydrogens is 586 g/mol. The number of nitrogens with zero attached hydrogens (tertiary/aromatic N) is 5. The molecule has 0 atom stereocenters. The summed E-state index contributed by atoms with van der Waals surface area (Å²) in [6.07, 6.45) is -0.915. The topological polar surface area (TPSA) is 107 Å². The highest BCUT2D eigenvalue weighted by molar-refractivity contribution is 6.39. The Kier molecular flexibility index (Phi) is 8.45. The number of anilines is 4. The predicted octanol–water partition coefficient (Wildman–Crippen LogP) is 5.99. The molecule has 2 aliphatic heterocycles. The van der Waals surface area contributed by atoms with E-state index in [9.17, 15) is 22.8 Å². The van der Waals surface area contributed by atoms with Crippen molar-refractivity contribution >= 4 is 58.3 Å². The van der Waals surface area contributed by atoms with Crippen molar-refractivity contribution < 1.29 is 27.2 Å². The van der Waals surface area contributed by atoms with Crippen LogP contribution in [0.1, 0.15) is 35.5 Å². The van der Waals surface area contributed by atoms with Crippen LogP contribution in [0, 0.1) is 0 Å². The highest BCUT2D eigenvalue weighted by Gasteiger charge is 2.42. The van der Waals surface area contributed by atoms with E-state index in [1.807, 2.05) is 4.90 Å². The van der Waals surface area contributed by atoms with Crippen LogP contribution in [0.5, 0.6) is 0 Å². The number of oxazole rings is 1. The first-order valence-corrected chi connectivity index (χ1v) is 13.7. The van der Waals surface area contributed by atoms with Gasteiger partial charge in [-0.1, -0.05) is 29.3 Å². The Hall–Kier alpha value is -3.71. The van der Waals surface area contributed by atoms with Gasteiger partial charge in [0.25, 0.3) is 11.9 Å². The highest BCUT2D eigenvalue weighted by atomic mass is 35.5. The van der Waals surface area contributed by atoms with E-state index in [1.54, 1.807) is 34.1 Å². The summed E-state index contributed by atoms with van der Waals surface area (Å²) >= 11 is 12.3. The molecule has 2 fully saturated rings. The molecule has 2 N–H and O–H groups in total. The minimum absolute atomic E-state index is 0.192. The summed E-state index contributed by atoms with van der Waals surface area (Å²) < 4.78 is 46.2. The molecular formula is C26H26Cl2F3N7O3. The zero-order valence-electron chi connectivity index (χ0n) is 21.7. The fraction of sp³-hybridized carbons (Fsp3) is 0.385. The number of alkyl halides is 3. The van der Waals surface area contributed by atoms with Crippen LogP contribution >= 0.6 is 23.2 Å². The minimum atomic E-state index is -4.86. The molecule has 0 saturated carbocycles. The molecule has 2 saturated heterocycles. The van der Waals surface area contributed by atoms with E-state index in [0.29, 0.717) is 60.8 Å². The van der Waals surface area contributed by atoms with Crippen LogP contribution in [-0.2, 0) is 6.18 Å². The van der Waals surface area contributed by atoms with Crippen LogP contribution in [0.3, 0.4) is 0 Å². The second-order valence-electron chi connectivity index (χ2n) is 9.58. The summed E-state index contributed by atoms with van der Waals surface area (Å²) in [6.45, 7) is 2.79. The maximum atomic E-state index is 13.6. The Morgan fingerprint density at radius 2 is 1.56 bits per heavy atom. The van der Waals surface area contributed by atoms with Gasteiger partial charge in [0.1, 0.15) is 5.82 Å². The van der Waals surface area contributed by atoms with Gasteiger partial charge < -0.3 is 29.8 Å². The molecule has 4 heterocycles. The normalized spacial score (nSPS) is 16.1. The van der Waals surface area contributed by atoms with E-state index in [0.717, 1.165) is 19.3 Å². The van der Waals surface area contributed by atoms with Crippen molar-refractivity contribution in [3.8, 4) is 0 Å². The lowest BCUT2D eigenvalue weighted by atomic mass is 10.1. The Balaban J connectivity index is 1.19. The van der Waals surface area contributed by atoms with Gasteiger partial charge in [0, 0.05) is 39.3 Å². The Morgan fingerprint density at radius 1 is 0.878 bits per heavy atom. The summed E-state index contributed by atoms with van der Waals surface area (Å²) in [4.78, 5) is 38.6. The molecule has 1 aromatic carbocycles. The lowest BCUT2D eigenvalue weighted by molar-refractivity contribution is -0.141. The molecule has 5 rings (SSSR count). The fourth-order valence-electron chi connectivity index (χ4n) is 4.65. The van der Waals surface area contributed by atoms with Gasteiger partial charge in [-0.15, -0.1) is 0 Å². The molecule has 0 bridgehead atoms. The Bertz CT molecular complexity index is 1380. The van der Waals surface area contributed by atoms with Crippen molar-refractivity contribution in [3.05, 3.63) is 58.0 Å². The van der Waals surface area contributed by atoms with Gasteiger partial charge >= 0.3 is 12.2 Å². The van der Waals surface area contributed by atoms with Crippen molar-refractivity contribution in [3.63, 3.8) is 0 Å². The number of hydrogen-bond donors (Lipinski definition) is 2. The summed E-state index contributed by atoms with van der Waals surface area (Å²) in [7, 11) is 0. The molecule has 2 aliphatic rings. The smallest absolute Gasteiger partial charge is 0.417 e. The summed E-state index contributed by atoms with van der Waals surface area (Å²) in [6, 6.07) is 7.58. The SMILES string of the molecule is O=C(Nc1ccc(N2CCN(C(=O)Nc3c(Cl)cccc3Cl)CC2)nc1)c1oc(N2CCCCC2)nc1C(F)(F)F. The molecule has 41 heavy (non-hydrogen) atoms. The quantitative estimate of drug-likeness (QED) is 0.365. The number of para-hydroxylation sites is 1. The molecule has 0 radical (unpaired) electrons. The number of benzene rings is 1. The van der Waals surface area contributed by atoms with Gasteiger partial charge in [-0.25, -0.2) is 9.78 Å². The molecule has 10 nitrogen and oxygen atoms in total. The fourth-order valence-corrected chi connectivity index (χ4v) is 5.14. The molecule has 2 aromatic heterocycles. The molecule has 3 aromatic rings. The molecule has 0 unspecified atom stereocenters. The van der Waals surface area contributed by atoms with Gasteiger partial charge in [0.15, 0.2) is 5.69 Å². The minimum Gasteiger partial charge on any atom is -0.417 e. The van der Waals surface area contributed by atoms with Gasteiger partial charge in [0.05, 0.1) is 27.6 Å². The Labute approximate surface area is 243 Å². The summed E-state index contributed by atoms with van der Waals surface area (Å²) in [5.41, 5.74) is -0.825. The largest absolute Gasteiger partial charge is 0.437 e. The number of pyridine rings is 1. The average molecular weight is 612 g/mol. The molecule has 3 amide bonds.